The third-order valence-electron chi connectivity index (χ3n) is 1.79. The smallest absolute Gasteiger partial charge is 0.363 e. The summed E-state index contributed by atoms with van der Waals surface area (Å²) in [5.74, 6) is -0.168. The van der Waals surface area contributed by atoms with Crippen LogP contribution in [-0.2, 0) is 6.54 Å². The normalized spacial score (nSPS) is 10.3. The highest BCUT2D eigenvalue weighted by Crippen LogP contribution is 2.15. The summed E-state index contributed by atoms with van der Waals surface area (Å²) < 4.78 is 1.46. The first-order valence-electron chi connectivity index (χ1n) is 4.37. The van der Waals surface area contributed by atoms with E-state index in [0.717, 1.165) is 5.01 Å². The molecule has 0 radical (unpaired) electrons. The van der Waals surface area contributed by atoms with E-state index in [1.807, 2.05) is 0 Å². The van der Waals surface area contributed by atoms with Crippen molar-refractivity contribution < 1.29 is 4.92 Å². The van der Waals surface area contributed by atoms with Crippen molar-refractivity contribution in [3.8, 4) is 0 Å². The van der Waals surface area contributed by atoms with Crippen molar-refractivity contribution in [3.05, 3.63) is 27.4 Å². The summed E-state index contributed by atoms with van der Waals surface area (Å²) >= 11 is 1.38. The number of nitro groups is 1. The first-order valence-corrected chi connectivity index (χ1v) is 5.18. The second kappa shape index (κ2) is 4.23. The van der Waals surface area contributed by atoms with Gasteiger partial charge in [0.2, 0.25) is 5.13 Å². The zero-order valence-corrected chi connectivity index (χ0v) is 9.14. The van der Waals surface area contributed by atoms with Crippen molar-refractivity contribution in [1.29, 1.82) is 0 Å². The molecular formula is C7H8N6O2S. The van der Waals surface area contributed by atoms with Gasteiger partial charge >= 0.3 is 5.82 Å². The lowest BCUT2D eigenvalue weighted by Gasteiger charge is -1.89. The zero-order chi connectivity index (χ0) is 11.5. The van der Waals surface area contributed by atoms with Crippen molar-refractivity contribution >= 4 is 22.3 Å². The molecule has 9 heteroatoms. The fourth-order valence-electron chi connectivity index (χ4n) is 1.09. The van der Waals surface area contributed by atoms with Crippen molar-refractivity contribution in [2.45, 2.75) is 6.54 Å². The lowest BCUT2D eigenvalue weighted by atomic mass is 10.6. The molecule has 0 aliphatic carbocycles. The Bertz CT molecular complexity index is 506. The number of nitrogens with one attached hydrogen (secondary N) is 1. The van der Waals surface area contributed by atoms with Gasteiger partial charge in [-0.1, -0.05) is 11.3 Å². The monoisotopic (exact) mass is 240 g/mol. The Kier molecular flexibility index (Phi) is 2.77. The summed E-state index contributed by atoms with van der Waals surface area (Å²) in [4.78, 5) is 9.88. The number of hydrogen-bond donors (Lipinski definition) is 1. The van der Waals surface area contributed by atoms with Crippen LogP contribution in [0.5, 0.6) is 0 Å². The molecule has 0 spiro atoms. The van der Waals surface area contributed by atoms with Crippen LogP contribution in [0.4, 0.5) is 10.9 Å². The number of nitrogens with zero attached hydrogens (tertiary/aromatic N) is 5. The van der Waals surface area contributed by atoms with Gasteiger partial charge in [0.05, 0.1) is 17.4 Å². The van der Waals surface area contributed by atoms with Crippen LogP contribution in [0.1, 0.15) is 5.01 Å². The van der Waals surface area contributed by atoms with Gasteiger partial charge < -0.3 is 15.4 Å². The van der Waals surface area contributed by atoms with E-state index in [9.17, 15) is 10.1 Å². The van der Waals surface area contributed by atoms with E-state index < -0.39 is 4.92 Å². The van der Waals surface area contributed by atoms with Crippen molar-refractivity contribution in [3.63, 3.8) is 0 Å². The third-order valence-corrected chi connectivity index (χ3v) is 2.72. The molecule has 2 aromatic rings. The van der Waals surface area contributed by atoms with Crippen molar-refractivity contribution in [1.82, 2.24) is 20.0 Å². The fraction of sp³-hybridized carbons (Fsp3) is 0.286. The van der Waals surface area contributed by atoms with Crippen LogP contribution in [0.3, 0.4) is 0 Å². The van der Waals surface area contributed by atoms with Crippen molar-refractivity contribution in [2.24, 2.45) is 0 Å². The van der Waals surface area contributed by atoms with E-state index in [4.69, 9.17) is 0 Å². The molecule has 0 aliphatic rings. The summed E-state index contributed by atoms with van der Waals surface area (Å²) in [5.41, 5.74) is 0. The SMILES string of the molecule is CNc1nnc(Cn2ccc([N+](=O)[O-])n2)s1. The van der Waals surface area contributed by atoms with E-state index in [1.165, 1.54) is 22.1 Å². The van der Waals surface area contributed by atoms with Gasteiger partial charge in [-0.3, -0.25) is 0 Å². The highest BCUT2D eigenvalue weighted by Gasteiger charge is 2.12. The van der Waals surface area contributed by atoms with Crippen LogP contribution in [-0.4, -0.2) is 31.9 Å². The molecule has 2 aromatic heterocycles. The van der Waals surface area contributed by atoms with Gasteiger partial charge in [-0.15, -0.1) is 10.2 Å². The van der Waals surface area contributed by atoms with E-state index in [2.05, 4.69) is 20.6 Å². The van der Waals surface area contributed by atoms with E-state index in [0.29, 0.717) is 11.7 Å². The maximum absolute atomic E-state index is 10.4. The lowest BCUT2D eigenvalue weighted by molar-refractivity contribution is -0.389. The molecular weight excluding hydrogens is 232 g/mol. The topological polar surface area (TPSA) is 98.8 Å². The summed E-state index contributed by atoms with van der Waals surface area (Å²) in [6.45, 7) is 0.382. The minimum atomic E-state index is -0.532. The Morgan fingerprint density at radius 2 is 2.44 bits per heavy atom. The Morgan fingerprint density at radius 3 is 3.00 bits per heavy atom. The quantitative estimate of drug-likeness (QED) is 0.624. The number of anilines is 1. The van der Waals surface area contributed by atoms with E-state index in [1.54, 1.807) is 13.2 Å². The van der Waals surface area contributed by atoms with E-state index >= 15 is 0 Å². The zero-order valence-electron chi connectivity index (χ0n) is 8.32. The molecule has 84 valence electrons. The molecule has 0 saturated carbocycles. The van der Waals surface area contributed by atoms with Crippen molar-refractivity contribution in [2.75, 3.05) is 12.4 Å². The predicted octanol–water partition coefficient (Wildman–Crippen LogP) is 0.733. The average molecular weight is 240 g/mol. The first kappa shape index (κ1) is 10.5. The molecule has 2 rings (SSSR count). The Morgan fingerprint density at radius 1 is 1.62 bits per heavy atom. The first-order chi connectivity index (χ1) is 7.69. The van der Waals surface area contributed by atoms with Gasteiger partial charge in [-0.25, -0.2) is 0 Å². The molecule has 0 aliphatic heterocycles. The Balaban J connectivity index is 2.11. The molecule has 1 N–H and O–H groups in total. The van der Waals surface area contributed by atoms with Gasteiger partial charge in [-0.05, 0) is 4.92 Å². The van der Waals surface area contributed by atoms with Crippen LogP contribution >= 0.6 is 11.3 Å². The standard InChI is InChI=1S/C7H8N6O2S/c1-8-7-10-9-6(16-7)4-12-3-2-5(11-12)13(14)15/h2-3H,4H2,1H3,(H,8,10). The van der Waals surface area contributed by atoms with Crippen LogP contribution in [0.15, 0.2) is 12.3 Å². The summed E-state index contributed by atoms with van der Waals surface area (Å²) in [5, 5.41) is 26.3. The van der Waals surface area contributed by atoms with Crippen LogP contribution in [0, 0.1) is 10.1 Å². The molecule has 0 bridgehead atoms. The lowest BCUT2D eigenvalue weighted by Crippen LogP contribution is -2.00. The molecule has 0 fully saturated rings. The minimum Gasteiger partial charge on any atom is -0.363 e. The van der Waals surface area contributed by atoms with Crippen LogP contribution < -0.4 is 5.32 Å². The Labute approximate surface area is 94.1 Å². The van der Waals surface area contributed by atoms with Crippen LogP contribution in [0.25, 0.3) is 0 Å². The second-order valence-electron chi connectivity index (χ2n) is 2.88. The largest absolute Gasteiger partial charge is 0.389 e. The molecule has 0 atom stereocenters. The molecule has 0 aromatic carbocycles. The summed E-state index contributed by atoms with van der Waals surface area (Å²) in [7, 11) is 1.75. The third kappa shape index (κ3) is 2.14. The van der Waals surface area contributed by atoms with Gasteiger partial charge in [0.25, 0.3) is 0 Å². The highest BCUT2D eigenvalue weighted by molar-refractivity contribution is 7.15. The van der Waals surface area contributed by atoms with Gasteiger partial charge in [0, 0.05) is 7.05 Å². The second-order valence-corrected chi connectivity index (χ2v) is 3.94. The Hall–Kier alpha value is -2.03. The van der Waals surface area contributed by atoms with Crippen LogP contribution in [0.2, 0.25) is 0 Å². The summed E-state index contributed by atoms with van der Waals surface area (Å²) in [6, 6.07) is 1.35. The summed E-state index contributed by atoms with van der Waals surface area (Å²) in [6.07, 6.45) is 1.54. The fourth-order valence-corrected chi connectivity index (χ4v) is 1.78. The molecule has 0 saturated heterocycles. The molecule has 2 heterocycles. The number of rotatable bonds is 4. The minimum absolute atomic E-state index is 0.168. The van der Waals surface area contributed by atoms with E-state index in [-0.39, 0.29) is 5.82 Å². The predicted molar refractivity (Wildman–Crippen MR) is 57.4 cm³/mol. The maximum atomic E-state index is 10.4. The van der Waals surface area contributed by atoms with Gasteiger partial charge in [-0.2, -0.15) is 4.68 Å². The average Bonchev–Trinajstić information content (AvgIpc) is 2.87. The maximum Gasteiger partial charge on any atom is 0.389 e. The molecule has 0 amide bonds. The molecule has 16 heavy (non-hydrogen) atoms. The number of hydrogen-bond acceptors (Lipinski definition) is 7. The number of aromatic nitrogens is 4. The van der Waals surface area contributed by atoms with Gasteiger partial charge in [0.15, 0.2) is 0 Å². The molecule has 0 unspecified atom stereocenters. The highest BCUT2D eigenvalue weighted by atomic mass is 32.1. The van der Waals surface area contributed by atoms with Gasteiger partial charge in [0.1, 0.15) is 11.6 Å². The molecule has 8 nitrogen and oxygen atoms in total.